The van der Waals surface area contributed by atoms with Crippen molar-refractivity contribution in [2.75, 3.05) is 6.61 Å². The Bertz CT molecular complexity index is 850. The molecule has 5 heteroatoms. The maximum atomic E-state index is 13.6. The minimum absolute atomic E-state index is 0.0188. The lowest BCUT2D eigenvalue weighted by atomic mass is 9.68. The van der Waals surface area contributed by atoms with Gasteiger partial charge in [-0.3, -0.25) is 4.79 Å². The number of benzene rings is 2. The summed E-state index contributed by atoms with van der Waals surface area (Å²) >= 11 is 12.5. The van der Waals surface area contributed by atoms with E-state index in [1.807, 2.05) is 54.3 Å². The summed E-state index contributed by atoms with van der Waals surface area (Å²) in [5.74, 6) is 0.0391. The Kier molecular flexibility index (Phi) is 6.93. The van der Waals surface area contributed by atoms with E-state index >= 15 is 0 Å². The van der Waals surface area contributed by atoms with Crippen LogP contribution in [0.2, 0.25) is 10.0 Å². The van der Waals surface area contributed by atoms with Crippen molar-refractivity contribution in [2.24, 2.45) is 5.41 Å². The second-order valence-corrected chi connectivity index (χ2v) is 9.14. The second kappa shape index (κ2) is 9.07. The molecule has 0 radical (unpaired) electrons. The van der Waals surface area contributed by atoms with Crippen LogP contribution in [0.1, 0.15) is 63.1 Å². The highest BCUT2D eigenvalue weighted by molar-refractivity contribution is 6.30. The highest BCUT2D eigenvalue weighted by Crippen LogP contribution is 2.51. The van der Waals surface area contributed by atoms with Crippen molar-refractivity contribution in [3.05, 3.63) is 69.7 Å². The molecule has 3 atom stereocenters. The summed E-state index contributed by atoms with van der Waals surface area (Å²) in [6.45, 7) is 5.92. The van der Waals surface area contributed by atoms with Gasteiger partial charge in [0.25, 0.3) is 0 Å². The van der Waals surface area contributed by atoms with Crippen LogP contribution in [0.4, 0.5) is 0 Å². The van der Waals surface area contributed by atoms with Crippen molar-refractivity contribution in [1.29, 1.82) is 0 Å². The molecule has 2 aromatic rings. The molecular formula is C24H29Cl2NO2. The Morgan fingerprint density at radius 1 is 1.07 bits per heavy atom. The number of aliphatic hydroxyl groups excluding tert-OH is 1. The van der Waals surface area contributed by atoms with Crippen LogP contribution in [0.25, 0.3) is 0 Å². The third kappa shape index (κ3) is 4.33. The molecule has 1 heterocycles. The van der Waals surface area contributed by atoms with Crippen LogP contribution in [0.15, 0.2) is 48.5 Å². The number of aliphatic hydroxyl groups is 1. The molecule has 0 saturated carbocycles. The van der Waals surface area contributed by atoms with Crippen LogP contribution in [0.3, 0.4) is 0 Å². The van der Waals surface area contributed by atoms with Crippen LogP contribution in [-0.2, 0) is 4.79 Å². The van der Waals surface area contributed by atoms with Crippen LogP contribution < -0.4 is 0 Å². The quantitative estimate of drug-likeness (QED) is 0.585. The molecule has 0 spiro atoms. The molecule has 0 bridgehead atoms. The van der Waals surface area contributed by atoms with E-state index in [-0.39, 0.29) is 30.5 Å². The molecular weight excluding hydrogens is 405 g/mol. The minimum atomic E-state index is -0.821. The van der Waals surface area contributed by atoms with E-state index in [1.54, 1.807) is 0 Å². The number of rotatable bonds is 6. The summed E-state index contributed by atoms with van der Waals surface area (Å²) < 4.78 is 0. The Labute approximate surface area is 183 Å². The van der Waals surface area contributed by atoms with Gasteiger partial charge in [-0.2, -0.15) is 0 Å². The number of piperidine rings is 1. The molecule has 0 aromatic heterocycles. The molecule has 0 unspecified atom stereocenters. The number of hydrogen-bond acceptors (Lipinski definition) is 2. The normalized spacial score (nSPS) is 24.9. The van der Waals surface area contributed by atoms with E-state index in [0.29, 0.717) is 16.5 Å². The molecule has 1 fully saturated rings. The van der Waals surface area contributed by atoms with Crippen molar-refractivity contribution in [3.63, 3.8) is 0 Å². The number of carbonyl (C=O) groups is 1. The molecule has 0 aliphatic carbocycles. The number of carbonyl (C=O) groups excluding carboxylic acids is 1. The van der Waals surface area contributed by atoms with E-state index in [4.69, 9.17) is 23.2 Å². The fraction of sp³-hybridized carbons (Fsp3) is 0.458. The first-order valence-corrected chi connectivity index (χ1v) is 11.0. The van der Waals surface area contributed by atoms with Crippen molar-refractivity contribution < 1.29 is 9.90 Å². The number of halogens is 2. The Hall–Kier alpha value is -1.55. The van der Waals surface area contributed by atoms with E-state index in [9.17, 15) is 9.90 Å². The average Bonchev–Trinajstić information content (AvgIpc) is 2.72. The zero-order valence-electron chi connectivity index (χ0n) is 17.2. The van der Waals surface area contributed by atoms with Crippen molar-refractivity contribution in [2.45, 2.75) is 58.0 Å². The van der Waals surface area contributed by atoms with Crippen LogP contribution in [-0.4, -0.2) is 28.6 Å². The topological polar surface area (TPSA) is 40.5 Å². The van der Waals surface area contributed by atoms with E-state index in [2.05, 4.69) is 19.9 Å². The van der Waals surface area contributed by atoms with Gasteiger partial charge in [0, 0.05) is 22.0 Å². The Morgan fingerprint density at radius 2 is 1.72 bits per heavy atom. The zero-order chi connectivity index (χ0) is 21.2. The van der Waals surface area contributed by atoms with Gasteiger partial charge in [0.05, 0.1) is 18.1 Å². The first-order valence-electron chi connectivity index (χ1n) is 10.3. The number of amides is 1. The molecule has 1 aliphatic heterocycles. The average molecular weight is 434 g/mol. The standard InChI is InChI=1S/C24H29Cl2NO2/c1-4-20(5-2)27-22(16-9-11-18(25)12-10-16)21(14-24(3,15-28)23(27)29)17-7-6-8-19(26)13-17/h6-13,20-22,28H,4-5,14-15H2,1-3H3/t21-,22-,24-/m1/s1. The number of hydrogen-bond donors (Lipinski definition) is 1. The van der Waals surface area contributed by atoms with Crippen molar-refractivity contribution in [3.8, 4) is 0 Å². The maximum absolute atomic E-state index is 13.6. The van der Waals surface area contributed by atoms with Gasteiger partial charge in [-0.1, -0.05) is 61.3 Å². The molecule has 29 heavy (non-hydrogen) atoms. The van der Waals surface area contributed by atoms with Crippen LogP contribution >= 0.6 is 23.2 Å². The Balaban J connectivity index is 2.21. The molecule has 3 rings (SSSR count). The number of nitrogens with zero attached hydrogens (tertiary/aromatic N) is 1. The second-order valence-electron chi connectivity index (χ2n) is 8.26. The van der Waals surface area contributed by atoms with Gasteiger partial charge in [-0.05, 0) is 61.6 Å². The van der Waals surface area contributed by atoms with Gasteiger partial charge in [0.1, 0.15) is 0 Å². The lowest BCUT2D eigenvalue weighted by Crippen LogP contribution is -2.56. The van der Waals surface area contributed by atoms with Gasteiger partial charge in [0.15, 0.2) is 0 Å². The molecule has 1 N–H and O–H groups in total. The summed E-state index contributed by atoms with van der Waals surface area (Å²) in [5, 5.41) is 11.5. The molecule has 3 nitrogen and oxygen atoms in total. The van der Waals surface area contributed by atoms with Gasteiger partial charge in [0.2, 0.25) is 5.91 Å². The van der Waals surface area contributed by atoms with Crippen molar-refractivity contribution >= 4 is 29.1 Å². The maximum Gasteiger partial charge on any atom is 0.231 e. The van der Waals surface area contributed by atoms with Gasteiger partial charge in [-0.15, -0.1) is 0 Å². The van der Waals surface area contributed by atoms with Gasteiger partial charge in [-0.25, -0.2) is 0 Å². The predicted octanol–water partition coefficient (Wildman–Crippen LogP) is 6.24. The zero-order valence-corrected chi connectivity index (χ0v) is 18.7. The largest absolute Gasteiger partial charge is 0.395 e. The first-order chi connectivity index (χ1) is 13.8. The summed E-state index contributed by atoms with van der Waals surface area (Å²) in [6, 6.07) is 15.6. The molecule has 1 saturated heterocycles. The number of likely N-dealkylation sites (tertiary alicyclic amines) is 1. The summed E-state index contributed by atoms with van der Waals surface area (Å²) in [5.41, 5.74) is 1.32. The van der Waals surface area contributed by atoms with Gasteiger partial charge < -0.3 is 10.0 Å². The first kappa shape index (κ1) is 22.1. The van der Waals surface area contributed by atoms with Crippen LogP contribution in [0, 0.1) is 5.41 Å². The van der Waals surface area contributed by atoms with E-state index in [0.717, 1.165) is 24.0 Å². The highest BCUT2D eigenvalue weighted by atomic mass is 35.5. The molecule has 2 aromatic carbocycles. The van der Waals surface area contributed by atoms with Crippen molar-refractivity contribution in [1.82, 2.24) is 4.90 Å². The van der Waals surface area contributed by atoms with Crippen LogP contribution in [0.5, 0.6) is 0 Å². The molecule has 1 aliphatic rings. The monoisotopic (exact) mass is 433 g/mol. The fourth-order valence-electron chi connectivity index (χ4n) is 4.61. The highest BCUT2D eigenvalue weighted by Gasteiger charge is 2.50. The summed E-state index contributed by atoms with van der Waals surface area (Å²) in [6.07, 6.45) is 2.28. The molecule has 156 valence electrons. The lowest BCUT2D eigenvalue weighted by Gasteiger charge is -2.51. The third-order valence-corrected chi connectivity index (χ3v) is 6.76. The lowest BCUT2D eigenvalue weighted by molar-refractivity contribution is -0.157. The summed E-state index contributed by atoms with van der Waals surface area (Å²) in [7, 11) is 0. The SMILES string of the molecule is CCC(CC)N1C(=O)[C@@](C)(CO)C[C@H](c2cccc(Cl)c2)[C@H]1c1ccc(Cl)cc1. The minimum Gasteiger partial charge on any atom is -0.395 e. The van der Waals surface area contributed by atoms with Gasteiger partial charge >= 0.3 is 0 Å². The van der Waals surface area contributed by atoms with E-state index in [1.165, 1.54) is 0 Å². The van der Waals surface area contributed by atoms with E-state index < -0.39 is 5.41 Å². The summed E-state index contributed by atoms with van der Waals surface area (Å²) in [4.78, 5) is 15.7. The predicted molar refractivity (Wildman–Crippen MR) is 119 cm³/mol. The fourth-order valence-corrected chi connectivity index (χ4v) is 4.94. The molecule has 1 amide bonds. The smallest absolute Gasteiger partial charge is 0.231 e. The third-order valence-electron chi connectivity index (χ3n) is 6.28. The Morgan fingerprint density at radius 3 is 2.28 bits per heavy atom.